The molecule has 0 bridgehead atoms. The summed E-state index contributed by atoms with van der Waals surface area (Å²) in [6.07, 6.45) is 1.49. The van der Waals surface area contributed by atoms with Crippen molar-refractivity contribution in [3.8, 4) is 5.75 Å². The highest BCUT2D eigenvalue weighted by atomic mass is 16.3. The van der Waals surface area contributed by atoms with Gasteiger partial charge in [0.1, 0.15) is 5.75 Å². The Balaban J connectivity index is 1.67. The van der Waals surface area contributed by atoms with E-state index in [1.165, 1.54) is 12.3 Å². The van der Waals surface area contributed by atoms with Crippen LogP contribution in [0.5, 0.6) is 5.75 Å². The summed E-state index contributed by atoms with van der Waals surface area (Å²) in [7, 11) is 2.05. The number of likely N-dealkylation sites (N-methyl/N-ethyl adjacent to an activating group) is 1. The Morgan fingerprint density at radius 1 is 1.29 bits per heavy atom. The van der Waals surface area contributed by atoms with Crippen LogP contribution in [0.25, 0.3) is 0 Å². The highest BCUT2D eigenvalue weighted by Gasteiger charge is 2.17. The molecule has 1 aromatic heterocycles. The summed E-state index contributed by atoms with van der Waals surface area (Å²) in [5.74, 6) is 0.471. The lowest BCUT2D eigenvalue weighted by Crippen LogP contribution is -2.52. The number of hydrogen-bond acceptors (Lipinski definition) is 9. The minimum Gasteiger partial charge on any atom is -0.506 e. The van der Waals surface area contributed by atoms with E-state index in [1.807, 2.05) is 11.9 Å². The molecule has 1 saturated heterocycles. The van der Waals surface area contributed by atoms with Gasteiger partial charge in [0.2, 0.25) is 5.95 Å². The standard InChI is InChI=1S/C18H26N8O2/c1-3-20-16-13(19)11-21-18(23-16)22-14-5-4-12(10-15(14)27)17(28)24-26-8-6-25(2)7-9-26/h4-5,10-11,27H,3,6-9,19H2,1-2H3,(H,24,28)(H2,20,21,22,23). The maximum atomic E-state index is 12.4. The quantitative estimate of drug-likeness (QED) is 0.458. The minimum absolute atomic E-state index is 0.0727. The first-order valence-electron chi connectivity index (χ1n) is 9.17. The molecule has 0 aliphatic carbocycles. The van der Waals surface area contributed by atoms with Gasteiger partial charge >= 0.3 is 0 Å². The smallest absolute Gasteiger partial charge is 0.265 e. The number of nitrogens with one attached hydrogen (secondary N) is 3. The first-order valence-corrected chi connectivity index (χ1v) is 9.17. The van der Waals surface area contributed by atoms with Crippen molar-refractivity contribution in [3.63, 3.8) is 0 Å². The molecule has 1 aromatic carbocycles. The fourth-order valence-electron chi connectivity index (χ4n) is 2.79. The Morgan fingerprint density at radius 2 is 2.04 bits per heavy atom. The monoisotopic (exact) mass is 386 g/mol. The maximum absolute atomic E-state index is 12.4. The van der Waals surface area contributed by atoms with E-state index in [-0.39, 0.29) is 17.6 Å². The number of aromatic hydroxyl groups is 1. The number of nitrogens with zero attached hydrogens (tertiary/aromatic N) is 4. The largest absolute Gasteiger partial charge is 0.506 e. The van der Waals surface area contributed by atoms with Crippen LogP contribution >= 0.6 is 0 Å². The number of hydrazine groups is 1. The van der Waals surface area contributed by atoms with E-state index in [0.717, 1.165) is 26.2 Å². The number of carbonyl (C=O) groups is 1. The number of carbonyl (C=O) groups excluding carboxylic acids is 1. The van der Waals surface area contributed by atoms with E-state index in [4.69, 9.17) is 5.73 Å². The number of amides is 1. The average Bonchev–Trinajstić information content (AvgIpc) is 2.68. The molecule has 28 heavy (non-hydrogen) atoms. The summed E-state index contributed by atoms with van der Waals surface area (Å²) in [4.78, 5) is 23.0. The number of anilines is 4. The van der Waals surface area contributed by atoms with E-state index >= 15 is 0 Å². The molecule has 1 amide bonds. The summed E-state index contributed by atoms with van der Waals surface area (Å²) in [6, 6.07) is 4.66. The molecule has 6 N–H and O–H groups in total. The molecule has 150 valence electrons. The van der Waals surface area contributed by atoms with Crippen LogP contribution in [0.15, 0.2) is 24.4 Å². The van der Waals surface area contributed by atoms with Gasteiger partial charge in [0.15, 0.2) is 5.82 Å². The molecule has 0 atom stereocenters. The molecule has 2 aromatic rings. The van der Waals surface area contributed by atoms with Crippen LogP contribution < -0.4 is 21.8 Å². The summed E-state index contributed by atoms with van der Waals surface area (Å²) in [5.41, 5.74) is 9.89. The van der Waals surface area contributed by atoms with Crippen LogP contribution in [0.3, 0.4) is 0 Å². The first-order chi connectivity index (χ1) is 13.5. The summed E-state index contributed by atoms with van der Waals surface area (Å²) in [6.45, 7) is 5.91. The summed E-state index contributed by atoms with van der Waals surface area (Å²) < 4.78 is 0. The van der Waals surface area contributed by atoms with Crippen LogP contribution in [-0.2, 0) is 0 Å². The molecule has 0 spiro atoms. The predicted molar refractivity (Wildman–Crippen MR) is 109 cm³/mol. The number of aromatic nitrogens is 2. The fourth-order valence-corrected chi connectivity index (χ4v) is 2.79. The fraction of sp³-hybridized carbons (Fsp3) is 0.389. The van der Waals surface area contributed by atoms with Crippen molar-refractivity contribution in [1.82, 2.24) is 25.3 Å². The van der Waals surface area contributed by atoms with E-state index in [2.05, 4.69) is 38.0 Å². The van der Waals surface area contributed by atoms with Crippen LogP contribution in [0, 0.1) is 0 Å². The Kier molecular flexibility index (Phi) is 6.12. The van der Waals surface area contributed by atoms with Gasteiger partial charge in [0.05, 0.1) is 17.6 Å². The second-order valence-corrected chi connectivity index (χ2v) is 6.62. The van der Waals surface area contributed by atoms with Gasteiger partial charge < -0.3 is 26.4 Å². The Labute approximate surface area is 163 Å². The second-order valence-electron chi connectivity index (χ2n) is 6.62. The van der Waals surface area contributed by atoms with Crippen LogP contribution in [0.2, 0.25) is 0 Å². The zero-order valence-electron chi connectivity index (χ0n) is 16.1. The van der Waals surface area contributed by atoms with Gasteiger partial charge in [-0.25, -0.2) is 9.99 Å². The van der Waals surface area contributed by atoms with Crippen LogP contribution in [0.4, 0.5) is 23.1 Å². The van der Waals surface area contributed by atoms with E-state index < -0.39 is 0 Å². The molecule has 1 fully saturated rings. The number of phenols is 1. The minimum atomic E-state index is -0.260. The molecule has 0 radical (unpaired) electrons. The number of benzene rings is 1. The Morgan fingerprint density at radius 3 is 2.71 bits per heavy atom. The number of nitrogen functional groups attached to an aromatic ring is 1. The predicted octanol–water partition coefficient (Wildman–Crippen LogP) is 0.832. The van der Waals surface area contributed by atoms with Crippen molar-refractivity contribution < 1.29 is 9.90 Å². The topological polar surface area (TPSA) is 132 Å². The van der Waals surface area contributed by atoms with Crippen molar-refractivity contribution >= 4 is 29.0 Å². The molecule has 0 unspecified atom stereocenters. The maximum Gasteiger partial charge on any atom is 0.265 e. The first kappa shape index (κ1) is 19.6. The Bertz CT molecular complexity index is 836. The average molecular weight is 386 g/mol. The molecule has 10 nitrogen and oxygen atoms in total. The lowest BCUT2D eigenvalue weighted by Gasteiger charge is -2.32. The Hall–Kier alpha value is -3.11. The zero-order chi connectivity index (χ0) is 20.1. The number of piperazine rings is 1. The second kappa shape index (κ2) is 8.72. The van der Waals surface area contributed by atoms with E-state index in [9.17, 15) is 9.90 Å². The lowest BCUT2D eigenvalue weighted by atomic mass is 10.2. The van der Waals surface area contributed by atoms with Gasteiger partial charge in [0.25, 0.3) is 5.91 Å². The summed E-state index contributed by atoms with van der Waals surface area (Å²) >= 11 is 0. The highest BCUT2D eigenvalue weighted by molar-refractivity contribution is 5.95. The molecule has 0 saturated carbocycles. The van der Waals surface area contributed by atoms with E-state index in [1.54, 1.807) is 12.1 Å². The molecule has 1 aliphatic heterocycles. The van der Waals surface area contributed by atoms with Gasteiger partial charge in [0, 0.05) is 38.3 Å². The molecule has 10 heteroatoms. The highest BCUT2D eigenvalue weighted by Crippen LogP contribution is 2.27. The third kappa shape index (κ3) is 4.78. The SMILES string of the molecule is CCNc1nc(Nc2ccc(C(=O)NN3CCN(C)CC3)cc2O)ncc1N. The van der Waals surface area contributed by atoms with Gasteiger partial charge in [-0.3, -0.25) is 10.2 Å². The van der Waals surface area contributed by atoms with Crippen molar-refractivity contribution in [3.05, 3.63) is 30.0 Å². The molecular formula is C18H26N8O2. The molecule has 1 aliphatic rings. The van der Waals surface area contributed by atoms with Crippen molar-refractivity contribution in [2.24, 2.45) is 0 Å². The third-order valence-corrected chi connectivity index (χ3v) is 4.43. The summed E-state index contributed by atoms with van der Waals surface area (Å²) in [5, 5.41) is 18.2. The molecular weight excluding hydrogens is 360 g/mol. The molecule has 3 rings (SSSR count). The van der Waals surface area contributed by atoms with Gasteiger partial charge in [-0.2, -0.15) is 4.98 Å². The van der Waals surface area contributed by atoms with Crippen molar-refractivity contribution in [2.45, 2.75) is 6.92 Å². The normalized spacial score (nSPS) is 15.2. The lowest BCUT2D eigenvalue weighted by molar-refractivity contribution is 0.0662. The zero-order valence-corrected chi connectivity index (χ0v) is 16.1. The third-order valence-electron chi connectivity index (χ3n) is 4.43. The van der Waals surface area contributed by atoms with Crippen LogP contribution in [0.1, 0.15) is 17.3 Å². The molecule has 2 heterocycles. The number of hydrogen-bond donors (Lipinski definition) is 5. The van der Waals surface area contributed by atoms with Gasteiger partial charge in [-0.05, 0) is 32.2 Å². The van der Waals surface area contributed by atoms with Crippen LogP contribution in [-0.4, -0.2) is 70.7 Å². The van der Waals surface area contributed by atoms with Gasteiger partial charge in [-0.15, -0.1) is 0 Å². The number of rotatable bonds is 6. The van der Waals surface area contributed by atoms with Crippen molar-refractivity contribution in [2.75, 3.05) is 56.1 Å². The van der Waals surface area contributed by atoms with Crippen molar-refractivity contribution in [1.29, 1.82) is 0 Å². The van der Waals surface area contributed by atoms with E-state index in [0.29, 0.717) is 29.3 Å². The number of nitrogens with two attached hydrogens (primary N) is 1. The number of phenolic OH excluding ortho intramolecular Hbond substituents is 1. The van der Waals surface area contributed by atoms with Gasteiger partial charge in [-0.1, -0.05) is 0 Å².